The highest BCUT2D eigenvalue weighted by Crippen LogP contribution is 2.19. The molecule has 0 spiro atoms. The van der Waals surface area contributed by atoms with Crippen molar-refractivity contribution in [1.82, 2.24) is 19.9 Å². The topological polar surface area (TPSA) is 68.5 Å². The molecule has 0 aliphatic carbocycles. The minimum Gasteiger partial charge on any atom is -0.493 e. The highest BCUT2D eigenvalue weighted by molar-refractivity contribution is 5.97. The van der Waals surface area contributed by atoms with Crippen LogP contribution in [0.15, 0.2) is 48.7 Å². The summed E-state index contributed by atoms with van der Waals surface area (Å²) >= 11 is 0. The van der Waals surface area contributed by atoms with Gasteiger partial charge in [0.25, 0.3) is 5.91 Å². The van der Waals surface area contributed by atoms with Gasteiger partial charge in [-0.15, -0.1) is 10.2 Å². The normalized spacial score (nSPS) is 12.1. The Balaban J connectivity index is 1.83. The Morgan fingerprint density at radius 1 is 1.22 bits per heavy atom. The Morgan fingerprint density at radius 3 is 2.83 bits per heavy atom. The van der Waals surface area contributed by atoms with Crippen LogP contribution in [0.4, 0.5) is 0 Å². The number of hydrogen-bond acceptors (Lipinski definition) is 4. The summed E-state index contributed by atoms with van der Waals surface area (Å²) in [5.41, 5.74) is 1.26. The summed E-state index contributed by atoms with van der Waals surface area (Å²) in [6, 6.07) is 12.6. The van der Waals surface area contributed by atoms with Crippen molar-refractivity contribution in [3.63, 3.8) is 0 Å². The summed E-state index contributed by atoms with van der Waals surface area (Å²) in [5, 5.41) is 11.2. The average molecular weight is 310 g/mol. The molecule has 3 rings (SSSR count). The maximum atomic E-state index is 12.5. The van der Waals surface area contributed by atoms with Gasteiger partial charge in [0, 0.05) is 6.20 Å². The average Bonchev–Trinajstić information content (AvgIpc) is 2.99. The molecule has 0 aliphatic rings. The van der Waals surface area contributed by atoms with Crippen molar-refractivity contribution in [3.05, 3.63) is 60.0 Å². The van der Waals surface area contributed by atoms with Crippen molar-refractivity contribution in [2.24, 2.45) is 0 Å². The third kappa shape index (κ3) is 3.01. The smallest absolute Gasteiger partial charge is 0.255 e. The molecule has 6 nitrogen and oxygen atoms in total. The number of carbonyl (C=O) groups excluding carboxylic acids is 1. The van der Waals surface area contributed by atoms with Gasteiger partial charge in [-0.3, -0.25) is 9.20 Å². The Morgan fingerprint density at radius 2 is 2.00 bits per heavy atom. The number of pyridine rings is 1. The molecule has 3 aromatic rings. The van der Waals surface area contributed by atoms with Gasteiger partial charge in [-0.05, 0) is 38.1 Å². The van der Waals surface area contributed by atoms with Gasteiger partial charge in [0.05, 0.1) is 18.2 Å². The standard InChI is InChI=1S/C17H18N4O2/c1-3-23-14-9-5-4-8-13(14)17(22)18-12(2)16-20-19-15-10-6-7-11-21(15)16/h4-12H,3H2,1-2H3,(H,18,22). The van der Waals surface area contributed by atoms with Crippen molar-refractivity contribution < 1.29 is 9.53 Å². The molecule has 1 aromatic carbocycles. The van der Waals surface area contributed by atoms with Gasteiger partial charge in [-0.1, -0.05) is 18.2 Å². The van der Waals surface area contributed by atoms with E-state index in [0.29, 0.717) is 23.7 Å². The molecule has 118 valence electrons. The lowest BCUT2D eigenvalue weighted by molar-refractivity contribution is 0.0934. The highest BCUT2D eigenvalue weighted by atomic mass is 16.5. The molecule has 2 heterocycles. The molecule has 2 aromatic heterocycles. The van der Waals surface area contributed by atoms with Crippen molar-refractivity contribution >= 4 is 11.6 Å². The number of para-hydroxylation sites is 1. The van der Waals surface area contributed by atoms with Gasteiger partial charge in [0.15, 0.2) is 11.5 Å². The number of benzene rings is 1. The fraction of sp³-hybridized carbons (Fsp3) is 0.235. The summed E-state index contributed by atoms with van der Waals surface area (Å²) in [6.07, 6.45) is 1.88. The lowest BCUT2D eigenvalue weighted by Gasteiger charge is -2.14. The number of ether oxygens (including phenoxy) is 1. The van der Waals surface area contributed by atoms with Gasteiger partial charge in [-0.2, -0.15) is 0 Å². The number of nitrogens with zero attached hydrogens (tertiary/aromatic N) is 3. The quantitative estimate of drug-likeness (QED) is 0.786. The molecule has 1 amide bonds. The van der Waals surface area contributed by atoms with Crippen LogP contribution in [-0.4, -0.2) is 27.1 Å². The van der Waals surface area contributed by atoms with Gasteiger partial charge in [0.1, 0.15) is 5.75 Å². The second-order valence-corrected chi connectivity index (χ2v) is 5.11. The molecular formula is C17H18N4O2. The second kappa shape index (κ2) is 6.48. The van der Waals surface area contributed by atoms with Crippen LogP contribution in [0, 0.1) is 0 Å². The fourth-order valence-corrected chi connectivity index (χ4v) is 2.43. The monoisotopic (exact) mass is 310 g/mol. The van der Waals surface area contributed by atoms with Crippen LogP contribution in [0.1, 0.15) is 36.1 Å². The van der Waals surface area contributed by atoms with Crippen LogP contribution in [0.25, 0.3) is 5.65 Å². The number of fused-ring (bicyclic) bond motifs is 1. The lowest BCUT2D eigenvalue weighted by Crippen LogP contribution is -2.28. The molecule has 0 aliphatic heterocycles. The Kier molecular flexibility index (Phi) is 4.23. The Labute approximate surface area is 134 Å². The predicted molar refractivity (Wildman–Crippen MR) is 86.5 cm³/mol. The van der Waals surface area contributed by atoms with Crippen LogP contribution in [0.5, 0.6) is 5.75 Å². The Hall–Kier alpha value is -2.89. The molecule has 1 unspecified atom stereocenters. The van der Waals surface area contributed by atoms with Gasteiger partial charge >= 0.3 is 0 Å². The van der Waals surface area contributed by atoms with Crippen LogP contribution in [-0.2, 0) is 0 Å². The molecule has 1 atom stereocenters. The first-order chi connectivity index (χ1) is 11.2. The number of aromatic nitrogens is 3. The third-order valence-corrected chi connectivity index (χ3v) is 3.51. The van der Waals surface area contributed by atoms with Gasteiger partial charge in [0.2, 0.25) is 0 Å². The zero-order chi connectivity index (χ0) is 16.2. The van der Waals surface area contributed by atoms with E-state index < -0.39 is 0 Å². The van der Waals surface area contributed by atoms with Crippen LogP contribution in [0.2, 0.25) is 0 Å². The van der Waals surface area contributed by atoms with E-state index in [9.17, 15) is 4.79 Å². The van der Waals surface area contributed by atoms with Crippen LogP contribution in [0.3, 0.4) is 0 Å². The molecule has 0 radical (unpaired) electrons. The van der Waals surface area contributed by atoms with Crippen LogP contribution < -0.4 is 10.1 Å². The van der Waals surface area contributed by atoms with Crippen molar-refractivity contribution in [2.75, 3.05) is 6.61 Å². The number of amides is 1. The van der Waals surface area contributed by atoms with E-state index in [-0.39, 0.29) is 11.9 Å². The van der Waals surface area contributed by atoms with Crippen molar-refractivity contribution in [3.8, 4) is 5.75 Å². The molecule has 23 heavy (non-hydrogen) atoms. The molecule has 1 N–H and O–H groups in total. The molecule has 0 fully saturated rings. The Bertz CT molecular complexity index is 828. The van der Waals surface area contributed by atoms with Crippen LogP contribution >= 0.6 is 0 Å². The SMILES string of the molecule is CCOc1ccccc1C(=O)NC(C)c1nnc2ccccn12. The van der Waals surface area contributed by atoms with E-state index in [4.69, 9.17) is 4.74 Å². The van der Waals surface area contributed by atoms with Crippen molar-refractivity contribution in [2.45, 2.75) is 19.9 Å². The summed E-state index contributed by atoms with van der Waals surface area (Å²) in [7, 11) is 0. The van der Waals surface area contributed by atoms with E-state index in [0.717, 1.165) is 5.65 Å². The molecule has 6 heteroatoms. The number of nitrogens with one attached hydrogen (secondary N) is 1. The fourth-order valence-electron chi connectivity index (χ4n) is 2.43. The molecule has 0 saturated heterocycles. The number of carbonyl (C=O) groups is 1. The summed E-state index contributed by atoms with van der Waals surface area (Å²) in [4.78, 5) is 12.5. The third-order valence-electron chi connectivity index (χ3n) is 3.51. The molecule has 0 bridgehead atoms. The number of hydrogen-bond donors (Lipinski definition) is 1. The first-order valence-electron chi connectivity index (χ1n) is 7.53. The van der Waals surface area contributed by atoms with E-state index in [2.05, 4.69) is 15.5 Å². The van der Waals surface area contributed by atoms with E-state index >= 15 is 0 Å². The van der Waals surface area contributed by atoms with Gasteiger partial charge in [-0.25, -0.2) is 0 Å². The number of rotatable bonds is 5. The second-order valence-electron chi connectivity index (χ2n) is 5.11. The minimum absolute atomic E-state index is 0.200. The van der Waals surface area contributed by atoms with E-state index in [1.807, 2.05) is 54.8 Å². The molecular weight excluding hydrogens is 292 g/mol. The van der Waals surface area contributed by atoms with E-state index in [1.165, 1.54) is 0 Å². The maximum absolute atomic E-state index is 12.5. The predicted octanol–water partition coefficient (Wildman–Crippen LogP) is 2.62. The van der Waals surface area contributed by atoms with Gasteiger partial charge < -0.3 is 10.1 Å². The van der Waals surface area contributed by atoms with Crippen molar-refractivity contribution in [1.29, 1.82) is 0 Å². The maximum Gasteiger partial charge on any atom is 0.255 e. The molecule has 0 saturated carbocycles. The first-order valence-corrected chi connectivity index (χ1v) is 7.53. The summed E-state index contributed by atoms with van der Waals surface area (Å²) in [6.45, 7) is 4.28. The summed E-state index contributed by atoms with van der Waals surface area (Å²) < 4.78 is 7.37. The lowest BCUT2D eigenvalue weighted by atomic mass is 10.1. The highest BCUT2D eigenvalue weighted by Gasteiger charge is 2.18. The largest absolute Gasteiger partial charge is 0.493 e. The minimum atomic E-state index is -0.283. The summed E-state index contributed by atoms with van der Waals surface area (Å²) in [5.74, 6) is 1.06. The zero-order valence-electron chi connectivity index (χ0n) is 13.1. The van der Waals surface area contributed by atoms with E-state index in [1.54, 1.807) is 12.1 Å². The first kappa shape index (κ1) is 15.0. The zero-order valence-corrected chi connectivity index (χ0v) is 13.1.